The summed E-state index contributed by atoms with van der Waals surface area (Å²) in [6.07, 6.45) is 2.70. The molecule has 1 aliphatic rings. The van der Waals surface area contributed by atoms with Gasteiger partial charge in [-0.2, -0.15) is 5.26 Å². The third kappa shape index (κ3) is 2.30. The van der Waals surface area contributed by atoms with Crippen molar-refractivity contribution in [3.63, 3.8) is 0 Å². The molecule has 1 saturated carbocycles. The van der Waals surface area contributed by atoms with Gasteiger partial charge in [0, 0.05) is 11.7 Å². The zero-order chi connectivity index (χ0) is 10.8. The SMILES string of the molecule is Cc1cc(NC(C)C2CC2)ccc1C#N. The van der Waals surface area contributed by atoms with E-state index >= 15 is 0 Å². The molecule has 1 unspecified atom stereocenters. The third-order valence-electron chi connectivity index (χ3n) is 3.07. The van der Waals surface area contributed by atoms with Crippen molar-refractivity contribution in [3.05, 3.63) is 29.3 Å². The Morgan fingerprint density at radius 3 is 2.73 bits per heavy atom. The first-order chi connectivity index (χ1) is 7.20. The fourth-order valence-electron chi connectivity index (χ4n) is 1.86. The Labute approximate surface area is 90.9 Å². The number of rotatable bonds is 3. The van der Waals surface area contributed by atoms with Gasteiger partial charge in [-0.1, -0.05) is 0 Å². The molecule has 1 fully saturated rings. The lowest BCUT2D eigenvalue weighted by molar-refractivity contribution is 0.694. The van der Waals surface area contributed by atoms with Crippen molar-refractivity contribution in [2.75, 3.05) is 5.32 Å². The molecule has 0 radical (unpaired) electrons. The van der Waals surface area contributed by atoms with E-state index in [9.17, 15) is 0 Å². The van der Waals surface area contributed by atoms with Crippen molar-refractivity contribution >= 4 is 5.69 Å². The summed E-state index contributed by atoms with van der Waals surface area (Å²) in [6, 6.07) is 8.67. The molecule has 78 valence electrons. The van der Waals surface area contributed by atoms with E-state index < -0.39 is 0 Å². The van der Waals surface area contributed by atoms with E-state index in [4.69, 9.17) is 5.26 Å². The monoisotopic (exact) mass is 200 g/mol. The molecule has 2 rings (SSSR count). The Bertz CT molecular complexity index is 399. The van der Waals surface area contributed by atoms with Crippen LogP contribution >= 0.6 is 0 Å². The topological polar surface area (TPSA) is 35.8 Å². The molecule has 1 aliphatic carbocycles. The van der Waals surface area contributed by atoms with Crippen molar-refractivity contribution in [1.82, 2.24) is 0 Å². The summed E-state index contributed by atoms with van der Waals surface area (Å²) in [5, 5.41) is 12.3. The maximum atomic E-state index is 8.82. The third-order valence-corrected chi connectivity index (χ3v) is 3.07. The predicted octanol–water partition coefficient (Wildman–Crippen LogP) is 3.08. The Morgan fingerprint density at radius 2 is 2.20 bits per heavy atom. The zero-order valence-corrected chi connectivity index (χ0v) is 9.25. The number of hydrogen-bond acceptors (Lipinski definition) is 2. The van der Waals surface area contributed by atoms with Gasteiger partial charge >= 0.3 is 0 Å². The molecule has 0 spiro atoms. The molecule has 1 N–H and O–H groups in total. The minimum absolute atomic E-state index is 0.553. The number of hydrogen-bond donors (Lipinski definition) is 1. The molecule has 1 aromatic carbocycles. The second kappa shape index (κ2) is 3.94. The van der Waals surface area contributed by atoms with Gasteiger partial charge in [-0.15, -0.1) is 0 Å². The van der Waals surface area contributed by atoms with Gasteiger partial charge < -0.3 is 5.32 Å². The van der Waals surface area contributed by atoms with Crippen molar-refractivity contribution in [2.24, 2.45) is 5.92 Å². The lowest BCUT2D eigenvalue weighted by Crippen LogP contribution is -2.17. The lowest BCUT2D eigenvalue weighted by Gasteiger charge is -2.14. The highest BCUT2D eigenvalue weighted by molar-refractivity contribution is 5.52. The Hall–Kier alpha value is -1.49. The van der Waals surface area contributed by atoms with E-state index in [2.05, 4.69) is 24.4 Å². The number of nitriles is 1. The average molecular weight is 200 g/mol. The van der Waals surface area contributed by atoms with Gasteiger partial charge in [-0.05, 0) is 56.4 Å². The number of nitrogens with zero attached hydrogens (tertiary/aromatic N) is 1. The summed E-state index contributed by atoms with van der Waals surface area (Å²) in [5.74, 6) is 0.848. The van der Waals surface area contributed by atoms with Crippen LogP contribution in [0.2, 0.25) is 0 Å². The number of nitrogens with one attached hydrogen (secondary N) is 1. The molecule has 0 aromatic heterocycles. The van der Waals surface area contributed by atoms with Crippen molar-refractivity contribution < 1.29 is 0 Å². The predicted molar refractivity (Wildman–Crippen MR) is 61.7 cm³/mol. The van der Waals surface area contributed by atoms with Crippen LogP contribution in [0.5, 0.6) is 0 Å². The maximum absolute atomic E-state index is 8.82. The maximum Gasteiger partial charge on any atom is 0.0994 e. The molecular weight excluding hydrogens is 184 g/mol. The second-order valence-electron chi connectivity index (χ2n) is 4.41. The standard InChI is InChI=1S/C13H16N2/c1-9-7-13(6-5-12(9)8-14)15-10(2)11-3-4-11/h5-7,10-11,15H,3-4H2,1-2H3. The van der Waals surface area contributed by atoms with Gasteiger partial charge in [-0.25, -0.2) is 0 Å². The largest absolute Gasteiger partial charge is 0.382 e. The Kier molecular flexibility index (Phi) is 2.64. The number of aryl methyl sites for hydroxylation is 1. The van der Waals surface area contributed by atoms with Crippen LogP contribution in [0.3, 0.4) is 0 Å². The van der Waals surface area contributed by atoms with Gasteiger partial charge in [-0.3, -0.25) is 0 Å². The van der Waals surface area contributed by atoms with Crippen LogP contribution < -0.4 is 5.32 Å². The molecule has 0 saturated heterocycles. The summed E-state index contributed by atoms with van der Waals surface area (Å²) >= 11 is 0. The highest BCUT2D eigenvalue weighted by atomic mass is 14.9. The first kappa shape index (κ1) is 10.0. The zero-order valence-electron chi connectivity index (χ0n) is 9.25. The lowest BCUT2D eigenvalue weighted by atomic mass is 10.1. The van der Waals surface area contributed by atoms with Gasteiger partial charge in [0.2, 0.25) is 0 Å². The minimum Gasteiger partial charge on any atom is -0.382 e. The highest BCUT2D eigenvalue weighted by Gasteiger charge is 2.27. The molecule has 0 aliphatic heterocycles. The first-order valence-corrected chi connectivity index (χ1v) is 5.48. The van der Waals surface area contributed by atoms with Crippen molar-refractivity contribution in [2.45, 2.75) is 32.7 Å². The van der Waals surface area contributed by atoms with E-state index in [0.29, 0.717) is 6.04 Å². The number of benzene rings is 1. The molecule has 1 aromatic rings. The van der Waals surface area contributed by atoms with E-state index in [1.807, 2.05) is 19.1 Å². The summed E-state index contributed by atoms with van der Waals surface area (Å²) in [4.78, 5) is 0. The van der Waals surface area contributed by atoms with E-state index in [1.54, 1.807) is 0 Å². The Morgan fingerprint density at radius 1 is 1.47 bits per heavy atom. The van der Waals surface area contributed by atoms with E-state index in [1.165, 1.54) is 12.8 Å². The molecule has 0 bridgehead atoms. The fourth-order valence-corrected chi connectivity index (χ4v) is 1.86. The van der Waals surface area contributed by atoms with E-state index in [-0.39, 0.29) is 0 Å². The normalized spacial score (nSPS) is 16.9. The van der Waals surface area contributed by atoms with Gasteiger partial charge in [0.1, 0.15) is 0 Å². The number of anilines is 1. The summed E-state index contributed by atoms with van der Waals surface area (Å²) in [6.45, 7) is 4.21. The average Bonchev–Trinajstić information content (AvgIpc) is 3.01. The van der Waals surface area contributed by atoms with E-state index in [0.717, 1.165) is 22.7 Å². The quantitative estimate of drug-likeness (QED) is 0.813. The molecule has 1 atom stereocenters. The van der Waals surface area contributed by atoms with Gasteiger partial charge in [0.25, 0.3) is 0 Å². The first-order valence-electron chi connectivity index (χ1n) is 5.48. The smallest absolute Gasteiger partial charge is 0.0994 e. The fraction of sp³-hybridized carbons (Fsp3) is 0.462. The minimum atomic E-state index is 0.553. The summed E-state index contributed by atoms with van der Waals surface area (Å²) in [7, 11) is 0. The van der Waals surface area contributed by atoms with Crippen LogP contribution in [0.4, 0.5) is 5.69 Å². The molecule has 0 amide bonds. The van der Waals surface area contributed by atoms with Gasteiger partial charge in [0.15, 0.2) is 0 Å². The van der Waals surface area contributed by atoms with Crippen LogP contribution in [0.25, 0.3) is 0 Å². The summed E-state index contributed by atoms with van der Waals surface area (Å²) < 4.78 is 0. The Balaban J connectivity index is 2.09. The summed E-state index contributed by atoms with van der Waals surface area (Å²) in [5.41, 5.74) is 2.94. The van der Waals surface area contributed by atoms with Crippen LogP contribution in [-0.2, 0) is 0 Å². The van der Waals surface area contributed by atoms with Crippen LogP contribution in [0, 0.1) is 24.2 Å². The van der Waals surface area contributed by atoms with Crippen LogP contribution in [0.15, 0.2) is 18.2 Å². The molecule has 0 heterocycles. The molecular formula is C13H16N2. The highest BCUT2D eigenvalue weighted by Crippen LogP contribution is 2.34. The molecule has 15 heavy (non-hydrogen) atoms. The van der Waals surface area contributed by atoms with Crippen LogP contribution in [0.1, 0.15) is 30.9 Å². The van der Waals surface area contributed by atoms with Gasteiger partial charge in [0.05, 0.1) is 11.6 Å². The van der Waals surface area contributed by atoms with Crippen molar-refractivity contribution in [3.8, 4) is 6.07 Å². The second-order valence-corrected chi connectivity index (χ2v) is 4.41. The van der Waals surface area contributed by atoms with Crippen molar-refractivity contribution in [1.29, 1.82) is 5.26 Å². The molecule has 2 nitrogen and oxygen atoms in total. The molecule has 2 heteroatoms. The van der Waals surface area contributed by atoms with Crippen LogP contribution in [-0.4, -0.2) is 6.04 Å².